The van der Waals surface area contributed by atoms with E-state index >= 15 is 0 Å². The minimum absolute atomic E-state index is 1.22. The van der Waals surface area contributed by atoms with Gasteiger partial charge in [-0.15, -0.1) is 0 Å². The number of nitrogens with one attached hydrogen (secondary N) is 2. The van der Waals surface area contributed by atoms with Crippen LogP contribution in [-0.4, -0.2) is 8.40 Å². The molecule has 0 aliphatic carbocycles. The highest BCUT2D eigenvalue weighted by Gasteiger charge is 2.40. The molecule has 0 radical (unpaired) electrons. The minimum Gasteiger partial charge on any atom is -0.387 e. The third-order valence-corrected chi connectivity index (χ3v) is 10.0. The van der Waals surface area contributed by atoms with Crippen LogP contribution in [0.15, 0.2) is 84.9 Å². The molecular formula is C30H34N2Si. The van der Waals surface area contributed by atoms with Crippen molar-refractivity contribution in [2.24, 2.45) is 0 Å². The van der Waals surface area contributed by atoms with E-state index in [2.05, 4.69) is 136 Å². The van der Waals surface area contributed by atoms with Gasteiger partial charge in [-0.25, -0.2) is 0 Å². The number of benzene rings is 4. The quantitative estimate of drug-likeness (QED) is 0.336. The second-order valence-corrected chi connectivity index (χ2v) is 12.4. The molecule has 0 aliphatic rings. The molecule has 0 unspecified atom stereocenters. The zero-order valence-electron chi connectivity index (χ0n) is 20.6. The lowest BCUT2D eigenvalue weighted by molar-refractivity contribution is 1.30. The molecule has 0 amide bonds. The van der Waals surface area contributed by atoms with E-state index in [1.54, 1.807) is 0 Å². The van der Waals surface area contributed by atoms with E-state index < -0.39 is 8.40 Å². The monoisotopic (exact) mass is 450 g/mol. The van der Waals surface area contributed by atoms with Gasteiger partial charge in [0, 0.05) is 11.4 Å². The summed E-state index contributed by atoms with van der Waals surface area (Å²) >= 11 is 0. The Morgan fingerprint density at radius 3 is 1.06 bits per heavy atom. The molecular weight excluding hydrogens is 416 g/mol. The van der Waals surface area contributed by atoms with Crippen molar-refractivity contribution in [1.29, 1.82) is 0 Å². The van der Waals surface area contributed by atoms with E-state index in [0.717, 1.165) is 0 Å². The van der Waals surface area contributed by atoms with Crippen LogP contribution in [0.5, 0.6) is 0 Å². The van der Waals surface area contributed by atoms with Crippen LogP contribution in [0.25, 0.3) is 0 Å². The molecule has 168 valence electrons. The van der Waals surface area contributed by atoms with Crippen LogP contribution in [0, 0.1) is 41.5 Å². The number of aryl methyl sites for hydroxylation is 6. The summed E-state index contributed by atoms with van der Waals surface area (Å²) in [7, 11) is -2.69. The van der Waals surface area contributed by atoms with Crippen molar-refractivity contribution in [2.45, 2.75) is 41.5 Å². The summed E-state index contributed by atoms with van der Waals surface area (Å²) in [5, 5.41) is 2.60. The molecule has 0 atom stereocenters. The van der Waals surface area contributed by atoms with Crippen molar-refractivity contribution in [2.75, 3.05) is 9.96 Å². The van der Waals surface area contributed by atoms with Gasteiger partial charge in [0.25, 0.3) is 0 Å². The Morgan fingerprint density at radius 2 is 0.758 bits per heavy atom. The Balaban J connectivity index is 2.00. The summed E-state index contributed by atoms with van der Waals surface area (Å²) in [5.41, 5.74) is 10.1. The lowest BCUT2D eigenvalue weighted by Crippen LogP contribution is -2.71. The second kappa shape index (κ2) is 9.28. The molecule has 2 nitrogen and oxygen atoms in total. The molecule has 4 aromatic carbocycles. The molecule has 0 fully saturated rings. The van der Waals surface area contributed by atoms with Crippen LogP contribution in [-0.2, 0) is 0 Å². The molecule has 0 saturated heterocycles. The van der Waals surface area contributed by atoms with Gasteiger partial charge < -0.3 is 9.96 Å². The van der Waals surface area contributed by atoms with Crippen molar-refractivity contribution in [3.63, 3.8) is 0 Å². The van der Waals surface area contributed by atoms with Gasteiger partial charge in [0.2, 0.25) is 0 Å². The maximum atomic E-state index is 4.13. The molecule has 3 heteroatoms. The minimum atomic E-state index is -2.69. The summed E-state index contributed by atoms with van der Waals surface area (Å²) in [4.78, 5) is 8.27. The van der Waals surface area contributed by atoms with E-state index in [1.807, 2.05) is 0 Å². The highest BCUT2D eigenvalue weighted by atomic mass is 28.3. The largest absolute Gasteiger partial charge is 0.387 e. The molecule has 0 aromatic heterocycles. The molecule has 0 heterocycles. The van der Waals surface area contributed by atoms with Gasteiger partial charge in [0.1, 0.15) is 0 Å². The maximum absolute atomic E-state index is 4.13. The summed E-state index contributed by atoms with van der Waals surface area (Å²) in [6, 6.07) is 30.9. The molecule has 4 rings (SSSR count). The number of hydrogen-bond acceptors (Lipinski definition) is 2. The van der Waals surface area contributed by atoms with E-state index in [1.165, 1.54) is 55.1 Å². The van der Waals surface area contributed by atoms with Gasteiger partial charge in [-0.2, -0.15) is 0 Å². The topological polar surface area (TPSA) is 24.1 Å². The van der Waals surface area contributed by atoms with Crippen molar-refractivity contribution in [1.82, 2.24) is 0 Å². The third kappa shape index (κ3) is 4.60. The number of anilines is 2. The normalized spacial score (nSPS) is 11.3. The molecule has 33 heavy (non-hydrogen) atoms. The average Bonchev–Trinajstić information content (AvgIpc) is 2.78. The van der Waals surface area contributed by atoms with Crippen LogP contribution in [0.4, 0.5) is 11.4 Å². The first kappa shape index (κ1) is 22.9. The highest BCUT2D eigenvalue weighted by Crippen LogP contribution is 2.28. The Morgan fingerprint density at radius 1 is 0.455 bits per heavy atom. The van der Waals surface area contributed by atoms with Crippen molar-refractivity contribution in [3.8, 4) is 0 Å². The van der Waals surface area contributed by atoms with Gasteiger partial charge in [0.15, 0.2) is 0 Å². The van der Waals surface area contributed by atoms with Gasteiger partial charge >= 0.3 is 8.40 Å². The van der Waals surface area contributed by atoms with Gasteiger partial charge in [-0.3, -0.25) is 0 Å². The third-order valence-electron chi connectivity index (χ3n) is 6.39. The Labute approximate surface area is 199 Å². The number of hydrogen-bond donors (Lipinski definition) is 2. The first-order valence-corrected chi connectivity index (χ1v) is 13.6. The summed E-state index contributed by atoms with van der Waals surface area (Å²) < 4.78 is 0. The van der Waals surface area contributed by atoms with Gasteiger partial charge in [-0.05, 0) is 74.2 Å². The van der Waals surface area contributed by atoms with E-state index in [4.69, 9.17) is 0 Å². The van der Waals surface area contributed by atoms with E-state index in [0.29, 0.717) is 0 Å². The lowest BCUT2D eigenvalue weighted by atomic mass is 10.1. The fraction of sp³-hybridized carbons (Fsp3) is 0.200. The van der Waals surface area contributed by atoms with Crippen molar-refractivity contribution in [3.05, 3.63) is 118 Å². The van der Waals surface area contributed by atoms with Crippen LogP contribution < -0.4 is 20.3 Å². The smallest absolute Gasteiger partial charge is 0.326 e. The fourth-order valence-electron chi connectivity index (χ4n) is 4.99. The molecule has 4 aromatic rings. The van der Waals surface area contributed by atoms with Crippen molar-refractivity contribution < 1.29 is 0 Å². The molecule has 0 aliphatic heterocycles. The average molecular weight is 451 g/mol. The van der Waals surface area contributed by atoms with Crippen LogP contribution in [0.1, 0.15) is 33.4 Å². The Bertz CT molecular complexity index is 1120. The van der Waals surface area contributed by atoms with Gasteiger partial charge in [-0.1, -0.05) is 96.1 Å². The maximum Gasteiger partial charge on any atom is 0.326 e. The standard InChI is InChI=1S/C30H34N2Si/c1-21-17-23(3)29(24(4)18-21)31-33(27-13-9-7-10-14-27,28-15-11-8-12-16-28)32-30-25(5)19-22(2)20-26(30)6/h7-20,31-32H,1-6H3. The molecule has 0 spiro atoms. The lowest BCUT2D eigenvalue weighted by Gasteiger charge is -2.37. The zero-order chi connectivity index (χ0) is 23.6. The fourth-order valence-corrected chi connectivity index (χ4v) is 8.89. The Kier molecular flexibility index (Phi) is 6.43. The van der Waals surface area contributed by atoms with Crippen LogP contribution in [0.2, 0.25) is 0 Å². The second-order valence-electron chi connectivity index (χ2n) is 9.28. The van der Waals surface area contributed by atoms with Crippen molar-refractivity contribution >= 4 is 30.1 Å². The zero-order valence-corrected chi connectivity index (χ0v) is 21.6. The Hall–Kier alpha value is -3.30. The van der Waals surface area contributed by atoms with E-state index in [-0.39, 0.29) is 0 Å². The highest BCUT2D eigenvalue weighted by molar-refractivity contribution is 7.06. The molecule has 2 N–H and O–H groups in total. The molecule has 0 bridgehead atoms. The molecule has 0 saturated carbocycles. The van der Waals surface area contributed by atoms with Crippen LogP contribution in [0.3, 0.4) is 0 Å². The van der Waals surface area contributed by atoms with Gasteiger partial charge in [0.05, 0.1) is 0 Å². The first-order chi connectivity index (χ1) is 15.8. The summed E-state index contributed by atoms with van der Waals surface area (Å²) in [5.74, 6) is 0. The summed E-state index contributed by atoms with van der Waals surface area (Å²) in [6.45, 7) is 13.2. The first-order valence-electron chi connectivity index (χ1n) is 11.6. The number of rotatable bonds is 6. The SMILES string of the molecule is Cc1cc(C)c(N[Si](Nc2c(C)cc(C)cc2C)(c2ccccc2)c2ccccc2)c(C)c1. The summed E-state index contributed by atoms with van der Waals surface area (Å²) in [6.07, 6.45) is 0. The van der Waals surface area contributed by atoms with Crippen LogP contribution >= 0.6 is 0 Å². The van der Waals surface area contributed by atoms with E-state index in [9.17, 15) is 0 Å². The predicted molar refractivity (Wildman–Crippen MR) is 146 cm³/mol. The predicted octanol–water partition coefficient (Wildman–Crippen LogP) is 6.32.